The van der Waals surface area contributed by atoms with E-state index < -0.39 is 17.3 Å². The molecule has 0 fully saturated rings. The lowest BCUT2D eigenvalue weighted by Gasteiger charge is -2.46. The van der Waals surface area contributed by atoms with E-state index in [0.29, 0.717) is 0 Å². The largest absolute Gasteiger partial charge is 0.416 e. The molecule has 1 nitrogen and oxygen atoms in total. The summed E-state index contributed by atoms with van der Waals surface area (Å²) in [5.74, 6) is 0. The molecular formula is C29H36F3N. The second kappa shape index (κ2) is 11.1. The topological polar surface area (TPSA) is 3.24 Å². The molecule has 0 amide bonds. The molecule has 1 aliphatic rings. The van der Waals surface area contributed by atoms with Crippen molar-refractivity contribution < 1.29 is 13.2 Å². The first kappa shape index (κ1) is 25.1. The van der Waals surface area contributed by atoms with Crippen LogP contribution in [0.4, 0.5) is 13.2 Å². The minimum atomic E-state index is -4.31. The quantitative estimate of drug-likeness (QED) is 0.228. The molecule has 0 aromatic heterocycles. The zero-order valence-electron chi connectivity index (χ0n) is 19.9. The average molecular weight is 456 g/mol. The Labute approximate surface area is 197 Å². The van der Waals surface area contributed by atoms with Gasteiger partial charge < -0.3 is 4.90 Å². The first-order valence-electron chi connectivity index (χ1n) is 12.1. The van der Waals surface area contributed by atoms with Gasteiger partial charge in [0.25, 0.3) is 0 Å². The molecule has 1 heterocycles. The van der Waals surface area contributed by atoms with E-state index in [1.165, 1.54) is 60.9 Å². The van der Waals surface area contributed by atoms with Crippen LogP contribution in [0.25, 0.3) is 0 Å². The van der Waals surface area contributed by atoms with Gasteiger partial charge in [-0.25, -0.2) is 0 Å². The summed E-state index contributed by atoms with van der Waals surface area (Å²) in [6.07, 6.45) is 9.18. The van der Waals surface area contributed by atoms with Crippen molar-refractivity contribution in [3.8, 4) is 0 Å². The molecule has 0 aliphatic carbocycles. The van der Waals surface area contributed by atoms with Crippen molar-refractivity contribution in [1.82, 2.24) is 4.90 Å². The fourth-order valence-electron chi connectivity index (χ4n) is 4.54. The van der Waals surface area contributed by atoms with Gasteiger partial charge in [0.1, 0.15) is 0 Å². The van der Waals surface area contributed by atoms with Gasteiger partial charge in [-0.3, -0.25) is 0 Å². The molecule has 1 atom stereocenters. The van der Waals surface area contributed by atoms with Gasteiger partial charge in [-0.05, 0) is 80.1 Å². The monoisotopic (exact) mass is 455 g/mol. The van der Waals surface area contributed by atoms with Gasteiger partial charge in [0.15, 0.2) is 0 Å². The first-order chi connectivity index (χ1) is 15.7. The smallest absolute Gasteiger partial charge is 0.360 e. The number of benzene rings is 2. The molecule has 0 saturated carbocycles. The maximum Gasteiger partial charge on any atom is 0.416 e. The van der Waals surface area contributed by atoms with Gasteiger partial charge in [0.2, 0.25) is 0 Å². The summed E-state index contributed by atoms with van der Waals surface area (Å²) in [4.78, 5) is 2.22. The van der Waals surface area contributed by atoms with Crippen molar-refractivity contribution in [1.29, 1.82) is 0 Å². The van der Waals surface area contributed by atoms with Crippen molar-refractivity contribution >= 4 is 0 Å². The summed E-state index contributed by atoms with van der Waals surface area (Å²) in [6, 6.07) is 14.1. The van der Waals surface area contributed by atoms with Crippen molar-refractivity contribution in [3.63, 3.8) is 0 Å². The maximum atomic E-state index is 12.9. The SMILES string of the molecule is C=C(CCC)CCCCCCc1ccccc1CN1C=CC1(C)c1ccc(C(F)(F)F)cc1. The van der Waals surface area contributed by atoms with E-state index in [1.54, 1.807) is 12.1 Å². The highest BCUT2D eigenvalue weighted by Crippen LogP contribution is 2.40. The number of halogens is 3. The standard InChI is InChI=1S/C29H36F3N/c1-4-11-23(2)12-7-5-6-8-13-24-14-9-10-15-25(24)22-33-21-20-28(33,3)26-16-18-27(19-17-26)29(30,31)32/h9-10,14-21H,2,4-8,11-13,22H2,1,3H3. The van der Waals surface area contributed by atoms with Crippen LogP contribution in [0, 0.1) is 0 Å². The summed E-state index contributed by atoms with van der Waals surface area (Å²) in [5, 5.41) is 0. The van der Waals surface area contributed by atoms with E-state index in [0.717, 1.165) is 31.4 Å². The number of allylic oxidation sites excluding steroid dienone is 1. The van der Waals surface area contributed by atoms with E-state index in [4.69, 9.17) is 0 Å². The minimum Gasteiger partial charge on any atom is -0.360 e. The fraction of sp³-hybridized carbons (Fsp3) is 0.448. The Morgan fingerprint density at radius 2 is 1.58 bits per heavy atom. The van der Waals surface area contributed by atoms with Crippen LogP contribution in [0.5, 0.6) is 0 Å². The van der Waals surface area contributed by atoms with Gasteiger partial charge in [-0.15, -0.1) is 0 Å². The second-order valence-electron chi connectivity index (χ2n) is 9.35. The van der Waals surface area contributed by atoms with E-state index in [9.17, 15) is 13.2 Å². The fourth-order valence-corrected chi connectivity index (χ4v) is 4.54. The highest BCUT2D eigenvalue weighted by Gasteiger charge is 2.37. The zero-order valence-corrected chi connectivity index (χ0v) is 19.9. The number of alkyl halides is 3. The molecule has 33 heavy (non-hydrogen) atoms. The summed E-state index contributed by atoms with van der Waals surface area (Å²) >= 11 is 0. The van der Waals surface area contributed by atoms with Gasteiger partial charge >= 0.3 is 6.18 Å². The predicted molar refractivity (Wildman–Crippen MR) is 131 cm³/mol. The van der Waals surface area contributed by atoms with Crippen LogP contribution < -0.4 is 0 Å². The molecule has 0 N–H and O–H groups in total. The maximum absolute atomic E-state index is 12.9. The lowest BCUT2D eigenvalue weighted by molar-refractivity contribution is -0.137. The Kier molecular flexibility index (Phi) is 8.45. The normalized spacial score (nSPS) is 17.8. The molecule has 0 saturated heterocycles. The number of unbranched alkanes of at least 4 members (excludes halogenated alkanes) is 3. The number of rotatable bonds is 12. The molecule has 3 rings (SSSR count). The molecule has 0 radical (unpaired) electrons. The molecule has 2 aromatic rings. The zero-order chi connectivity index (χ0) is 23.9. The van der Waals surface area contributed by atoms with Crippen LogP contribution in [-0.2, 0) is 24.7 Å². The van der Waals surface area contributed by atoms with Crippen LogP contribution >= 0.6 is 0 Å². The molecule has 0 bridgehead atoms. The number of hydrogen-bond acceptors (Lipinski definition) is 1. The number of nitrogens with zero attached hydrogens (tertiary/aromatic N) is 1. The molecular weight excluding hydrogens is 419 g/mol. The lowest BCUT2D eigenvalue weighted by atomic mass is 9.84. The third-order valence-corrected chi connectivity index (χ3v) is 6.76. The summed E-state index contributed by atoms with van der Waals surface area (Å²) in [5.41, 5.74) is 3.91. The van der Waals surface area contributed by atoms with Crippen LogP contribution in [-0.4, -0.2) is 4.90 Å². The van der Waals surface area contributed by atoms with E-state index in [2.05, 4.69) is 55.7 Å². The summed E-state index contributed by atoms with van der Waals surface area (Å²) < 4.78 is 38.8. The van der Waals surface area contributed by atoms with Crippen LogP contribution in [0.3, 0.4) is 0 Å². The first-order valence-corrected chi connectivity index (χ1v) is 12.1. The highest BCUT2D eigenvalue weighted by molar-refractivity contribution is 5.38. The third-order valence-electron chi connectivity index (χ3n) is 6.76. The van der Waals surface area contributed by atoms with Gasteiger partial charge in [-0.1, -0.05) is 74.7 Å². The molecule has 178 valence electrons. The van der Waals surface area contributed by atoms with Crippen LogP contribution in [0.15, 0.2) is 73.0 Å². The van der Waals surface area contributed by atoms with Crippen LogP contribution in [0.2, 0.25) is 0 Å². The minimum absolute atomic E-state index is 0.391. The van der Waals surface area contributed by atoms with Crippen molar-refractivity contribution in [2.75, 3.05) is 0 Å². The molecule has 1 unspecified atom stereocenters. The molecule has 2 aromatic carbocycles. The van der Waals surface area contributed by atoms with Crippen LogP contribution in [0.1, 0.15) is 81.0 Å². The molecule has 4 heteroatoms. The Morgan fingerprint density at radius 1 is 0.909 bits per heavy atom. The highest BCUT2D eigenvalue weighted by atomic mass is 19.4. The molecule has 1 aliphatic heterocycles. The summed E-state index contributed by atoms with van der Waals surface area (Å²) in [6.45, 7) is 9.16. The Hall–Kier alpha value is -2.49. The molecule has 0 spiro atoms. The van der Waals surface area contributed by atoms with Gasteiger partial charge in [0.05, 0.1) is 11.1 Å². The van der Waals surface area contributed by atoms with Crippen molar-refractivity contribution in [2.45, 2.75) is 83.5 Å². The second-order valence-corrected chi connectivity index (χ2v) is 9.35. The van der Waals surface area contributed by atoms with E-state index in [-0.39, 0.29) is 0 Å². The van der Waals surface area contributed by atoms with E-state index >= 15 is 0 Å². The van der Waals surface area contributed by atoms with Gasteiger partial charge in [0, 0.05) is 6.54 Å². The average Bonchev–Trinajstić information content (AvgIpc) is 2.79. The van der Waals surface area contributed by atoms with E-state index in [1.807, 2.05) is 6.20 Å². The van der Waals surface area contributed by atoms with Crippen molar-refractivity contribution in [3.05, 3.63) is 95.2 Å². The Balaban J connectivity index is 1.55. The lowest BCUT2D eigenvalue weighted by Crippen LogP contribution is -2.45. The van der Waals surface area contributed by atoms with Gasteiger partial charge in [-0.2, -0.15) is 13.2 Å². The number of hydrogen-bond donors (Lipinski definition) is 0. The van der Waals surface area contributed by atoms with Crippen molar-refractivity contribution in [2.24, 2.45) is 0 Å². The number of aryl methyl sites for hydroxylation is 1. The third kappa shape index (κ3) is 6.52. The Bertz CT molecular complexity index is 942. The summed E-state index contributed by atoms with van der Waals surface area (Å²) in [7, 11) is 0. The Morgan fingerprint density at radius 3 is 2.18 bits per heavy atom. The predicted octanol–water partition coefficient (Wildman–Crippen LogP) is 8.80.